The van der Waals surface area contributed by atoms with Crippen LogP contribution >= 0.6 is 11.6 Å². The molecule has 40 heavy (non-hydrogen) atoms. The van der Waals surface area contributed by atoms with Crippen LogP contribution in [-0.4, -0.2) is 37.9 Å². The molecule has 0 aromatic heterocycles. The number of rotatable bonds is 8. The minimum Gasteiger partial charge on any atom is -0.483 e. The SMILES string of the molecule is Cc1cc(S(=O)(=O)NC(=O)O)ccc1NC(=O)COc1ccc(Cl)cc1C(=O)c1cc(C#N)cc(C(F)(F)F)c1. The van der Waals surface area contributed by atoms with Crippen LogP contribution < -0.4 is 14.8 Å². The Bertz CT molecular complexity index is 1670. The van der Waals surface area contributed by atoms with Crippen LogP contribution in [0.1, 0.15) is 32.6 Å². The number of alkyl halides is 3. The minimum atomic E-state index is -4.82. The molecule has 208 valence electrons. The summed E-state index contributed by atoms with van der Waals surface area (Å²) in [6.45, 7) is 0.783. The van der Waals surface area contributed by atoms with E-state index in [1.165, 1.54) is 29.8 Å². The molecule has 0 heterocycles. The predicted octanol–water partition coefficient (Wildman–Crippen LogP) is 4.74. The van der Waals surface area contributed by atoms with Crippen LogP contribution in [0.3, 0.4) is 0 Å². The lowest BCUT2D eigenvalue weighted by molar-refractivity contribution is -0.137. The molecule has 0 spiro atoms. The van der Waals surface area contributed by atoms with Gasteiger partial charge in [-0.15, -0.1) is 0 Å². The van der Waals surface area contributed by atoms with Gasteiger partial charge in [0.15, 0.2) is 12.4 Å². The zero-order valence-electron chi connectivity index (χ0n) is 20.2. The highest BCUT2D eigenvalue weighted by Gasteiger charge is 2.32. The maximum atomic E-state index is 13.3. The van der Waals surface area contributed by atoms with Gasteiger partial charge in [-0.2, -0.15) is 18.4 Å². The Labute approximate surface area is 230 Å². The average molecular weight is 596 g/mol. The number of carbonyl (C=O) groups excluding carboxylic acids is 2. The first kappa shape index (κ1) is 29.9. The number of hydrogen-bond acceptors (Lipinski definition) is 7. The van der Waals surface area contributed by atoms with Crippen molar-refractivity contribution in [3.63, 3.8) is 0 Å². The molecule has 0 aliphatic carbocycles. The van der Waals surface area contributed by atoms with Gasteiger partial charge in [0.1, 0.15) is 5.75 Å². The van der Waals surface area contributed by atoms with E-state index in [9.17, 15) is 36.0 Å². The highest BCUT2D eigenvalue weighted by atomic mass is 35.5. The molecule has 3 N–H and O–H groups in total. The maximum absolute atomic E-state index is 13.3. The molecule has 0 aliphatic rings. The fourth-order valence-electron chi connectivity index (χ4n) is 3.39. The number of nitrogens with one attached hydrogen (secondary N) is 2. The Morgan fingerprint density at radius 2 is 1.77 bits per heavy atom. The van der Waals surface area contributed by atoms with E-state index in [1.54, 1.807) is 6.07 Å². The molecule has 0 saturated carbocycles. The third kappa shape index (κ3) is 7.28. The molecule has 0 atom stereocenters. The van der Waals surface area contributed by atoms with Crippen LogP contribution in [0.15, 0.2) is 59.5 Å². The van der Waals surface area contributed by atoms with Crippen molar-refractivity contribution in [1.29, 1.82) is 5.26 Å². The molecule has 0 fully saturated rings. The third-order valence-corrected chi connectivity index (χ3v) is 6.75. The van der Waals surface area contributed by atoms with Crippen molar-refractivity contribution in [2.24, 2.45) is 0 Å². The largest absolute Gasteiger partial charge is 0.483 e. The van der Waals surface area contributed by atoms with Gasteiger partial charge in [0.05, 0.1) is 27.7 Å². The highest BCUT2D eigenvalue weighted by Crippen LogP contribution is 2.32. The number of ketones is 1. The highest BCUT2D eigenvalue weighted by molar-refractivity contribution is 7.90. The number of amides is 2. The van der Waals surface area contributed by atoms with Crippen molar-refractivity contribution in [2.45, 2.75) is 18.0 Å². The summed E-state index contributed by atoms with van der Waals surface area (Å²) in [4.78, 5) is 35.9. The number of hydrogen-bond donors (Lipinski definition) is 3. The number of carboxylic acid groups (broad SMARTS) is 1. The molecule has 0 saturated heterocycles. The van der Waals surface area contributed by atoms with E-state index in [-0.39, 0.29) is 32.5 Å². The number of sulfonamides is 1. The van der Waals surface area contributed by atoms with Crippen molar-refractivity contribution in [3.05, 3.63) is 87.4 Å². The topological polar surface area (TPSA) is 163 Å². The molecule has 0 unspecified atom stereocenters. The van der Waals surface area contributed by atoms with Gasteiger partial charge in [0.2, 0.25) is 0 Å². The second kappa shape index (κ2) is 11.6. The molecule has 3 aromatic rings. The Morgan fingerprint density at radius 1 is 1.07 bits per heavy atom. The second-order valence-electron chi connectivity index (χ2n) is 8.10. The molecule has 3 aromatic carbocycles. The van der Waals surface area contributed by atoms with Gasteiger partial charge in [-0.05, 0) is 67.1 Å². The van der Waals surface area contributed by atoms with Crippen molar-refractivity contribution >= 4 is 45.1 Å². The van der Waals surface area contributed by atoms with Crippen LogP contribution in [0.2, 0.25) is 5.02 Å². The third-order valence-electron chi connectivity index (χ3n) is 5.20. The van der Waals surface area contributed by atoms with Crippen molar-refractivity contribution in [2.75, 3.05) is 11.9 Å². The maximum Gasteiger partial charge on any atom is 0.418 e. The molecular formula is C25H17ClF3N3O7S. The monoisotopic (exact) mass is 595 g/mol. The molecule has 3 rings (SSSR count). The van der Waals surface area contributed by atoms with Crippen LogP contribution in [0, 0.1) is 18.3 Å². The second-order valence-corrected chi connectivity index (χ2v) is 10.2. The smallest absolute Gasteiger partial charge is 0.418 e. The van der Waals surface area contributed by atoms with Crippen LogP contribution in [-0.2, 0) is 21.0 Å². The summed E-state index contributed by atoms with van der Waals surface area (Å²) in [6, 6.07) is 10.9. The number of nitrogens with zero attached hydrogens (tertiary/aromatic N) is 1. The van der Waals surface area contributed by atoms with Gasteiger partial charge in [0, 0.05) is 16.3 Å². The lowest BCUT2D eigenvalue weighted by Crippen LogP contribution is -2.29. The molecule has 0 radical (unpaired) electrons. The Hall–Kier alpha value is -4.61. The number of ether oxygens (including phenoxy) is 1. The molecule has 0 aliphatic heterocycles. The number of halogens is 4. The van der Waals surface area contributed by atoms with E-state index in [0.717, 1.165) is 24.3 Å². The summed E-state index contributed by atoms with van der Waals surface area (Å²) in [6.07, 6.45) is -6.59. The molecule has 10 nitrogen and oxygen atoms in total. The van der Waals surface area contributed by atoms with Crippen molar-refractivity contribution in [1.82, 2.24) is 4.72 Å². The van der Waals surface area contributed by atoms with E-state index in [4.69, 9.17) is 26.7 Å². The summed E-state index contributed by atoms with van der Waals surface area (Å²) in [5.74, 6) is -1.87. The first-order chi connectivity index (χ1) is 18.6. The number of benzene rings is 3. The van der Waals surface area contributed by atoms with E-state index in [2.05, 4.69) is 5.32 Å². The van der Waals surface area contributed by atoms with Crippen molar-refractivity contribution < 1.29 is 45.8 Å². The van der Waals surface area contributed by atoms with E-state index in [1.807, 2.05) is 0 Å². The standard InChI is InChI=1S/C25H17ClF3N3O7S/c1-13-6-18(40(37,38)32-24(35)36)3-4-20(13)31-22(33)12-39-21-5-2-17(26)10-19(21)23(34)15-7-14(11-30)8-16(9-15)25(27,28)29/h2-10,32H,12H2,1H3,(H,31,33)(H,35,36). The summed E-state index contributed by atoms with van der Waals surface area (Å²) >= 11 is 5.97. The van der Waals surface area contributed by atoms with Crippen LogP contribution in [0.5, 0.6) is 5.75 Å². The molecule has 15 heteroatoms. The van der Waals surface area contributed by atoms with E-state index in [0.29, 0.717) is 12.1 Å². The summed E-state index contributed by atoms with van der Waals surface area (Å²) < 4.78 is 70.6. The zero-order valence-corrected chi connectivity index (χ0v) is 21.7. The first-order valence-corrected chi connectivity index (χ1v) is 12.7. The van der Waals surface area contributed by atoms with Crippen LogP contribution in [0.25, 0.3) is 0 Å². The zero-order chi connectivity index (χ0) is 29.8. The summed E-state index contributed by atoms with van der Waals surface area (Å²) in [7, 11) is -4.34. The molecule has 2 amide bonds. The van der Waals surface area contributed by atoms with Gasteiger partial charge in [-0.3, -0.25) is 9.59 Å². The normalized spacial score (nSPS) is 11.3. The van der Waals surface area contributed by atoms with Crippen molar-refractivity contribution in [3.8, 4) is 11.8 Å². The quantitative estimate of drug-likeness (QED) is 0.314. The van der Waals surface area contributed by atoms with Gasteiger partial charge >= 0.3 is 12.3 Å². The lowest BCUT2D eigenvalue weighted by Gasteiger charge is -2.14. The van der Waals surface area contributed by atoms with Gasteiger partial charge < -0.3 is 15.2 Å². The van der Waals surface area contributed by atoms with Crippen LogP contribution in [0.4, 0.5) is 23.7 Å². The lowest BCUT2D eigenvalue weighted by atomic mass is 9.98. The summed E-state index contributed by atoms with van der Waals surface area (Å²) in [5.41, 5.74) is -1.88. The fourth-order valence-corrected chi connectivity index (χ4v) is 4.49. The van der Waals surface area contributed by atoms with Gasteiger partial charge in [0.25, 0.3) is 15.9 Å². The number of anilines is 1. The Balaban J connectivity index is 1.81. The first-order valence-electron chi connectivity index (χ1n) is 10.9. The number of carbonyl (C=O) groups is 3. The fraction of sp³-hybridized carbons (Fsp3) is 0.120. The number of aryl methyl sites for hydroxylation is 1. The Morgan fingerprint density at radius 3 is 2.38 bits per heavy atom. The molecular weight excluding hydrogens is 579 g/mol. The Kier molecular flexibility index (Phi) is 8.71. The minimum absolute atomic E-state index is 0.0516. The van der Waals surface area contributed by atoms with Gasteiger partial charge in [-0.1, -0.05) is 11.6 Å². The van der Waals surface area contributed by atoms with E-state index >= 15 is 0 Å². The number of nitriles is 1. The average Bonchev–Trinajstić information content (AvgIpc) is 2.87. The predicted molar refractivity (Wildman–Crippen MR) is 135 cm³/mol. The van der Waals surface area contributed by atoms with Gasteiger partial charge in [-0.25, -0.2) is 17.9 Å². The summed E-state index contributed by atoms with van der Waals surface area (Å²) in [5, 5.41) is 20.3. The molecule has 0 bridgehead atoms. The van der Waals surface area contributed by atoms with E-state index < -0.39 is 57.3 Å².